The van der Waals surface area contributed by atoms with Crippen LogP contribution in [0.4, 0.5) is 4.79 Å². The molecule has 0 saturated carbocycles. The smallest absolute Gasteiger partial charge is 0.407 e. The maximum atomic E-state index is 12.3. The highest BCUT2D eigenvalue weighted by Crippen LogP contribution is 2.16. The van der Waals surface area contributed by atoms with E-state index in [2.05, 4.69) is 5.32 Å². The third kappa shape index (κ3) is 4.36. The first-order valence-corrected chi connectivity index (χ1v) is 7.46. The molecule has 1 aromatic carbocycles. The summed E-state index contributed by atoms with van der Waals surface area (Å²) in [5.41, 5.74) is 0.597. The van der Waals surface area contributed by atoms with Crippen molar-refractivity contribution >= 4 is 23.6 Å². The van der Waals surface area contributed by atoms with Crippen LogP contribution in [0.1, 0.15) is 30.1 Å². The molecule has 6 heteroatoms. The van der Waals surface area contributed by atoms with Crippen molar-refractivity contribution in [3.63, 3.8) is 0 Å². The fourth-order valence-electron chi connectivity index (χ4n) is 2.37. The SMILES string of the molecule is CCOC(=O)NC1CCN(C(=O)c2cccc(Cl)c2)CC1. The fourth-order valence-corrected chi connectivity index (χ4v) is 2.56. The molecule has 0 radical (unpaired) electrons. The zero-order chi connectivity index (χ0) is 15.2. The largest absolute Gasteiger partial charge is 0.450 e. The van der Waals surface area contributed by atoms with Gasteiger partial charge in [-0.05, 0) is 38.0 Å². The number of carbonyl (C=O) groups excluding carboxylic acids is 2. The number of rotatable bonds is 3. The molecule has 21 heavy (non-hydrogen) atoms. The second-order valence-corrected chi connectivity index (χ2v) is 5.38. The number of piperidine rings is 1. The summed E-state index contributed by atoms with van der Waals surface area (Å²) in [7, 11) is 0. The third-order valence-corrected chi connectivity index (χ3v) is 3.69. The Hall–Kier alpha value is -1.75. The van der Waals surface area contributed by atoms with E-state index in [1.54, 1.807) is 36.1 Å². The van der Waals surface area contributed by atoms with Crippen LogP contribution in [0.25, 0.3) is 0 Å². The first kappa shape index (κ1) is 15.6. The molecule has 5 nitrogen and oxygen atoms in total. The van der Waals surface area contributed by atoms with Crippen LogP contribution in [0.5, 0.6) is 0 Å². The highest BCUT2D eigenvalue weighted by atomic mass is 35.5. The first-order chi connectivity index (χ1) is 10.1. The summed E-state index contributed by atoms with van der Waals surface area (Å²) in [6, 6.07) is 7.01. The van der Waals surface area contributed by atoms with Crippen LogP contribution in [0.2, 0.25) is 5.02 Å². The normalized spacial score (nSPS) is 15.6. The van der Waals surface area contributed by atoms with Gasteiger partial charge in [0.2, 0.25) is 0 Å². The summed E-state index contributed by atoms with van der Waals surface area (Å²) < 4.78 is 4.86. The van der Waals surface area contributed by atoms with E-state index in [1.165, 1.54) is 0 Å². The Labute approximate surface area is 129 Å². The molecule has 114 valence electrons. The molecular weight excluding hydrogens is 292 g/mol. The average molecular weight is 311 g/mol. The highest BCUT2D eigenvalue weighted by molar-refractivity contribution is 6.30. The van der Waals surface area contributed by atoms with Crippen molar-refractivity contribution in [2.75, 3.05) is 19.7 Å². The van der Waals surface area contributed by atoms with Gasteiger partial charge in [0, 0.05) is 29.7 Å². The van der Waals surface area contributed by atoms with Gasteiger partial charge in [0.25, 0.3) is 5.91 Å². The van der Waals surface area contributed by atoms with Crippen molar-refractivity contribution < 1.29 is 14.3 Å². The van der Waals surface area contributed by atoms with E-state index in [1.807, 2.05) is 0 Å². The number of nitrogens with zero attached hydrogens (tertiary/aromatic N) is 1. The van der Waals surface area contributed by atoms with Gasteiger partial charge >= 0.3 is 6.09 Å². The average Bonchev–Trinajstić information content (AvgIpc) is 2.47. The van der Waals surface area contributed by atoms with E-state index in [-0.39, 0.29) is 11.9 Å². The van der Waals surface area contributed by atoms with Crippen molar-refractivity contribution in [1.29, 1.82) is 0 Å². The van der Waals surface area contributed by atoms with Crippen molar-refractivity contribution in [1.82, 2.24) is 10.2 Å². The van der Waals surface area contributed by atoms with Gasteiger partial charge < -0.3 is 15.0 Å². The number of halogens is 1. The van der Waals surface area contributed by atoms with Gasteiger partial charge in [-0.25, -0.2) is 4.79 Å². The minimum atomic E-state index is -0.392. The lowest BCUT2D eigenvalue weighted by molar-refractivity contribution is 0.0702. The lowest BCUT2D eigenvalue weighted by Crippen LogP contribution is -2.46. The van der Waals surface area contributed by atoms with Crippen molar-refractivity contribution in [3.8, 4) is 0 Å². The number of amides is 2. The molecule has 1 N–H and O–H groups in total. The lowest BCUT2D eigenvalue weighted by Gasteiger charge is -2.32. The summed E-state index contributed by atoms with van der Waals surface area (Å²) in [6.45, 7) is 3.36. The Bertz CT molecular complexity index is 513. The van der Waals surface area contributed by atoms with Crippen LogP contribution in [-0.2, 0) is 4.74 Å². The van der Waals surface area contributed by atoms with Gasteiger partial charge in [-0.2, -0.15) is 0 Å². The molecule has 0 unspecified atom stereocenters. The Kier molecular flexibility index (Phi) is 5.44. The predicted octanol–water partition coefficient (Wildman–Crippen LogP) is 2.69. The molecule has 1 heterocycles. The van der Waals surface area contributed by atoms with E-state index in [0.717, 1.165) is 12.8 Å². The minimum absolute atomic E-state index is 0.0212. The summed E-state index contributed by atoms with van der Waals surface area (Å²) in [5.74, 6) is -0.0212. The molecular formula is C15H19ClN2O3. The van der Waals surface area contributed by atoms with Crippen LogP contribution < -0.4 is 5.32 Å². The maximum Gasteiger partial charge on any atom is 0.407 e. The van der Waals surface area contributed by atoms with E-state index < -0.39 is 6.09 Å². The number of likely N-dealkylation sites (tertiary alicyclic amines) is 1. The number of carbonyl (C=O) groups is 2. The molecule has 0 atom stereocenters. The molecule has 0 aliphatic carbocycles. The summed E-state index contributed by atoms with van der Waals surface area (Å²) in [4.78, 5) is 25.5. The van der Waals surface area contributed by atoms with Crippen LogP contribution in [0.15, 0.2) is 24.3 Å². The maximum absolute atomic E-state index is 12.3. The number of ether oxygens (including phenoxy) is 1. The van der Waals surface area contributed by atoms with Crippen LogP contribution in [0, 0.1) is 0 Å². The fraction of sp³-hybridized carbons (Fsp3) is 0.467. The Morgan fingerprint density at radius 1 is 1.38 bits per heavy atom. The molecule has 1 aliphatic heterocycles. The molecule has 2 amide bonds. The number of hydrogen-bond acceptors (Lipinski definition) is 3. The summed E-state index contributed by atoms with van der Waals surface area (Å²) in [6.07, 6.45) is 1.06. The lowest BCUT2D eigenvalue weighted by atomic mass is 10.0. The van der Waals surface area contributed by atoms with Crippen LogP contribution in [-0.4, -0.2) is 42.6 Å². The van der Waals surface area contributed by atoms with Gasteiger partial charge in [-0.1, -0.05) is 17.7 Å². The number of alkyl carbamates (subject to hydrolysis) is 1. The molecule has 0 aromatic heterocycles. The van der Waals surface area contributed by atoms with E-state index in [4.69, 9.17) is 16.3 Å². The Morgan fingerprint density at radius 2 is 2.10 bits per heavy atom. The molecule has 0 bridgehead atoms. The van der Waals surface area contributed by atoms with Gasteiger partial charge in [-0.3, -0.25) is 4.79 Å². The van der Waals surface area contributed by atoms with Gasteiger partial charge in [-0.15, -0.1) is 0 Å². The Balaban J connectivity index is 1.86. The highest BCUT2D eigenvalue weighted by Gasteiger charge is 2.24. The van der Waals surface area contributed by atoms with E-state index >= 15 is 0 Å². The molecule has 1 aliphatic rings. The van der Waals surface area contributed by atoms with E-state index in [0.29, 0.717) is 30.3 Å². The van der Waals surface area contributed by atoms with Crippen molar-refractivity contribution in [2.24, 2.45) is 0 Å². The standard InChI is InChI=1S/C15H19ClN2O3/c1-2-21-15(20)17-13-6-8-18(9-7-13)14(19)11-4-3-5-12(16)10-11/h3-5,10,13H,2,6-9H2,1H3,(H,17,20). The molecule has 2 rings (SSSR count). The van der Waals surface area contributed by atoms with Crippen LogP contribution in [0.3, 0.4) is 0 Å². The van der Waals surface area contributed by atoms with Crippen molar-refractivity contribution in [3.05, 3.63) is 34.9 Å². The Morgan fingerprint density at radius 3 is 2.71 bits per heavy atom. The van der Waals surface area contributed by atoms with Gasteiger partial charge in [0.05, 0.1) is 6.61 Å². The molecule has 1 saturated heterocycles. The first-order valence-electron chi connectivity index (χ1n) is 7.08. The predicted molar refractivity (Wildman–Crippen MR) is 80.5 cm³/mol. The van der Waals surface area contributed by atoms with Gasteiger partial charge in [0.1, 0.15) is 0 Å². The topological polar surface area (TPSA) is 58.6 Å². The van der Waals surface area contributed by atoms with Crippen molar-refractivity contribution in [2.45, 2.75) is 25.8 Å². The number of nitrogens with one attached hydrogen (secondary N) is 1. The quantitative estimate of drug-likeness (QED) is 0.934. The number of hydrogen-bond donors (Lipinski definition) is 1. The summed E-state index contributed by atoms with van der Waals surface area (Å²) in [5, 5.41) is 3.36. The number of benzene rings is 1. The third-order valence-electron chi connectivity index (χ3n) is 3.45. The minimum Gasteiger partial charge on any atom is -0.450 e. The molecule has 1 fully saturated rings. The zero-order valence-electron chi connectivity index (χ0n) is 12.0. The van der Waals surface area contributed by atoms with Crippen LogP contribution >= 0.6 is 11.6 Å². The summed E-state index contributed by atoms with van der Waals surface area (Å²) >= 11 is 5.91. The second-order valence-electron chi connectivity index (χ2n) is 4.94. The zero-order valence-corrected chi connectivity index (χ0v) is 12.7. The monoisotopic (exact) mass is 310 g/mol. The molecule has 0 spiro atoms. The second kappa shape index (κ2) is 7.31. The van der Waals surface area contributed by atoms with E-state index in [9.17, 15) is 9.59 Å². The van der Waals surface area contributed by atoms with Gasteiger partial charge in [0.15, 0.2) is 0 Å². The molecule has 1 aromatic rings.